The van der Waals surface area contributed by atoms with Crippen LogP contribution in [0.5, 0.6) is 0 Å². The molecule has 0 heterocycles. The Morgan fingerprint density at radius 2 is 2.00 bits per heavy atom. The molecular weight excluding hydrogens is 196 g/mol. The summed E-state index contributed by atoms with van der Waals surface area (Å²) in [6.07, 6.45) is 1.93. The predicted molar refractivity (Wildman–Crippen MR) is 62.5 cm³/mol. The molecule has 82 valence electrons. The van der Waals surface area contributed by atoms with Gasteiger partial charge in [0.15, 0.2) is 0 Å². The summed E-state index contributed by atoms with van der Waals surface area (Å²) in [5.74, 6) is 1.31. The molecule has 3 heteroatoms. The van der Waals surface area contributed by atoms with Crippen molar-refractivity contribution in [2.45, 2.75) is 32.9 Å². The quantitative estimate of drug-likeness (QED) is 0.522. The van der Waals surface area contributed by atoms with Gasteiger partial charge in [-0.05, 0) is 12.8 Å². The molecule has 2 nitrogen and oxygen atoms in total. The fourth-order valence-electron chi connectivity index (χ4n) is 0.762. The van der Waals surface area contributed by atoms with Gasteiger partial charge in [-0.3, -0.25) is 0 Å². The van der Waals surface area contributed by atoms with Gasteiger partial charge < -0.3 is 4.74 Å². The molecule has 1 atom stereocenters. The lowest BCUT2D eigenvalue weighted by Crippen LogP contribution is -2.06. The second kappa shape index (κ2) is 6.93. The molecule has 0 rings (SSSR count). The third-order valence-electron chi connectivity index (χ3n) is 2.19. The summed E-state index contributed by atoms with van der Waals surface area (Å²) < 4.78 is 4.60. The minimum atomic E-state index is -0.234. The number of hydrogen-bond donors (Lipinski definition) is 0. The summed E-state index contributed by atoms with van der Waals surface area (Å²) in [6, 6.07) is 0. The van der Waals surface area contributed by atoms with E-state index in [1.54, 1.807) is 6.92 Å². The Morgan fingerprint density at radius 3 is 2.43 bits per heavy atom. The van der Waals surface area contributed by atoms with Gasteiger partial charge in [0.2, 0.25) is 0 Å². The lowest BCUT2D eigenvalue weighted by Gasteiger charge is -2.13. The fourth-order valence-corrected chi connectivity index (χ4v) is 1.80. The zero-order valence-electron chi connectivity index (χ0n) is 9.66. The van der Waals surface area contributed by atoms with Crippen LogP contribution in [0.25, 0.3) is 0 Å². The summed E-state index contributed by atoms with van der Waals surface area (Å²) in [7, 11) is 1.41. The Bertz CT molecular complexity index is 209. The van der Waals surface area contributed by atoms with Crippen molar-refractivity contribution in [3.8, 4) is 0 Å². The van der Waals surface area contributed by atoms with Gasteiger partial charge in [0.1, 0.15) is 0 Å². The van der Waals surface area contributed by atoms with E-state index in [-0.39, 0.29) is 5.97 Å². The van der Waals surface area contributed by atoms with Gasteiger partial charge in [-0.1, -0.05) is 26.8 Å². The molecule has 1 unspecified atom stereocenters. The predicted octanol–water partition coefficient (Wildman–Crippen LogP) is 2.88. The molecular formula is C11H20O2S. The Labute approximate surface area is 91.1 Å². The van der Waals surface area contributed by atoms with Crippen LogP contribution in [0.4, 0.5) is 0 Å². The van der Waals surface area contributed by atoms with E-state index >= 15 is 0 Å². The van der Waals surface area contributed by atoms with Crippen LogP contribution in [0, 0.1) is 5.92 Å². The topological polar surface area (TPSA) is 26.3 Å². The number of esters is 1. The average molecular weight is 216 g/mol. The molecule has 0 radical (unpaired) electrons. The molecule has 0 aliphatic carbocycles. The molecule has 0 aliphatic rings. The lowest BCUT2D eigenvalue weighted by atomic mass is 10.2. The zero-order valence-corrected chi connectivity index (χ0v) is 10.5. The van der Waals surface area contributed by atoms with Crippen molar-refractivity contribution in [1.82, 2.24) is 0 Å². The third-order valence-corrected chi connectivity index (χ3v) is 3.62. The third kappa shape index (κ3) is 5.32. The van der Waals surface area contributed by atoms with E-state index in [9.17, 15) is 4.79 Å². The van der Waals surface area contributed by atoms with E-state index in [1.807, 2.05) is 17.8 Å². The van der Waals surface area contributed by atoms with Crippen LogP contribution in [0.3, 0.4) is 0 Å². The van der Waals surface area contributed by atoms with E-state index in [0.29, 0.717) is 16.7 Å². The Balaban J connectivity index is 3.87. The maximum Gasteiger partial charge on any atom is 0.333 e. The van der Waals surface area contributed by atoms with Gasteiger partial charge in [0.05, 0.1) is 7.11 Å². The van der Waals surface area contributed by atoms with E-state index in [2.05, 4.69) is 25.5 Å². The number of rotatable bonds is 5. The second-order valence-electron chi connectivity index (χ2n) is 3.66. The van der Waals surface area contributed by atoms with E-state index in [4.69, 9.17) is 0 Å². The largest absolute Gasteiger partial charge is 0.466 e. The van der Waals surface area contributed by atoms with Crippen LogP contribution in [-0.4, -0.2) is 24.1 Å². The number of carbonyl (C=O) groups is 1. The zero-order chi connectivity index (χ0) is 11.1. The first-order valence-electron chi connectivity index (χ1n) is 4.85. The van der Waals surface area contributed by atoms with Gasteiger partial charge in [-0.25, -0.2) is 4.79 Å². The van der Waals surface area contributed by atoms with Gasteiger partial charge >= 0.3 is 5.97 Å². The number of thioether (sulfide) groups is 1. The van der Waals surface area contributed by atoms with Crippen molar-refractivity contribution in [3.63, 3.8) is 0 Å². The van der Waals surface area contributed by atoms with E-state index in [0.717, 1.165) is 5.75 Å². The van der Waals surface area contributed by atoms with Gasteiger partial charge in [0.25, 0.3) is 0 Å². The van der Waals surface area contributed by atoms with Gasteiger partial charge in [-0.15, -0.1) is 0 Å². The van der Waals surface area contributed by atoms with Crippen molar-refractivity contribution in [3.05, 3.63) is 11.6 Å². The monoisotopic (exact) mass is 216 g/mol. The molecule has 0 saturated carbocycles. The van der Waals surface area contributed by atoms with Crippen LogP contribution in [-0.2, 0) is 9.53 Å². The lowest BCUT2D eigenvalue weighted by molar-refractivity contribution is -0.136. The summed E-state index contributed by atoms with van der Waals surface area (Å²) in [5, 5.41) is 0.622. The van der Waals surface area contributed by atoms with E-state index in [1.165, 1.54) is 7.11 Å². The number of hydrogen-bond acceptors (Lipinski definition) is 3. The SMILES string of the molecule is COC(=O)C(C)=CCSC(C)C(C)C. The highest BCUT2D eigenvalue weighted by molar-refractivity contribution is 8.00. The van der Waals surface area contributed by atoms with Crippen LogP contribution < -0.4 is 0 Å². The van der Waals surface area contributed by atoms with Crippen LogP contribution in [0.1, 0.15) is 27.7 Å². The first-order valence-corrected chi connectivity index (χ1v) is 5.90. The summed E-state index contributed by atoms with van der Waals surface area (Å²) >= 11 is 1.86. The van der Waals surface area contributed by atoms with Crippen molar-refractivity contribution in [1.29, 1.82) is 0 Å². The van der Waals surface area contributed by atoms with Gasteiger partial charge in [0, 0.05) is 16.6 Å². The molecule has 0 aliphatic heterocycles. The number of methoxy groups -OCH3 is 1. The molecule has 0 saturated heterocycles. The van der Waals surface area contributed by atoms with Crippen LogP contribution in [0.2, 0.25) is 0 Å². The average Bonchev–Trinajstić information content (AvgIpc) is 2.15. The second-order valence-corrected chi connectivity index (χ2v) is 5.07. The maximum atomic E-state index is 11.0. The molecule has 0 N–H and O–H groups in total. The normalized spacial score (nSPS) is 14.3. The molecule has 0 amide bonds. The van der Waals surface area contributed by atoms with E-state index < -0.39 is 0 Å². The van der Waals surface area contributed by atoms with Gasteiger partial charge in [-0.2, -0.15) is 11.8 Å². The number of carbonyl (C=O) groups excluding carboxylic acids is 1. The highest BCUT2D eigenvalue weighted by Gasteiger charge is 2.07. The molecule has 0 aromatic heterocycles. The Morgan fingerprint density at radius 1 is 1.43 bits per heavy atom. The first-order chi connectivity index (χ1) is 6.49. The van der Waals surface area contributed by atoms with Crippen molar-refractivity contribution in [2.24, 2.45) is 5.92 Å². The molecule has 0 aromatic rings. The standard InChI is InChI=1S/C11H20O2S/c1-8(2)10(4)14-7-6-9(3)11(12)13-5/h6,8,10H,7H2,1-5H3. The summed E-state index contributed by atoms with van der Waals surface area (Å²) in [4.78, 5) is 11.0. The smallest absolute Gasteiger partial charge is 0.333 e. The van der Waals surface area contributed by atoms with Crippen LogP contribution >= 0.6 is 11.8 Å². The highest BCUT2D eigenvalue weighted by atomic mass is 32.2. The minimum Gasteiger partial charge on any atom is -0.466 e. The Hall–Kier alpha value is -0.440. The molecule has 0 spiro atoms. The number of ether oxygens (including phenoxy) is 1. The van der Waals surface area contributed by atoms with Crippen molar-refractivity contribution in [2.75, 3.05) is 12.9 Å². The minimum absolute atomic E-state index is 0.234. The van der Waals surface area contributed by atoms with Crippen molar-refractivity contribution < 1.29 is 9.53 Å². The Kier molecular flexibility index (Phi) is 6.71. The highest BCUT2D eigenvalue weighted by Crippen LogP contribution is 2.18. The fraction of sp³-hybridized carbons (Fsp3) is 0.727. The van der Waals surface area contributed by atoms with Crippen molar-refractivity contribution >= 4 is 17.7 Å². The molecule has 0 fully saturated rings. The first kappa shape index (κ1) is 13.6. The molecule has 0 bridgehead atoms. The summed E-state index contributed by atoms with van der Waals surface area (Å²) in [6.45, 7) is 8.40. The molecule has 0 aromatic carbocycles. The maximum absolute atomic E-state index is 11.0. The van der Waals surface area contributed by atoms with Crippen LogP contribution in [0.15, 0.2) is 11.6 Å². The molecule has 14 heavy (non-hydrogen) atoms. The summed E-state index contributed by atoms with van der Waals surface area (Å²) in [5.41, 5.74) is 0.691.